The first kappa shape index (κ1) is 9.43. The summed E-state index contributed by atoms with van der Waals surface area (Å²) in [7, 11) is 0. The quantitative estimate of drug-likeness (QED) is 0.764. The molecule has 1 aliphatic rings. The van der Waals surface area contributed by atoms with Crippen LogP contribution >= 0.6 is 11.6 Å². The molecule has 0 atom stereocenters. The molecular weight excluding hydrogens is 202 g/mol. The van der Waals surface area contributed by atoms with E-state index < -0.39 is 0 Å². The number of nitrogens with zero attached hydrogens (tertiary/aromatic N) is 1. The number of pyridine rings is 1. The average molecular weight is 212 g/mol. The molecule has 4 nitrogen and oxygen atoms in total. The van der Waals surface area contributed by atoms with Crippen LogP contribution in [-0.4, -0.2) is 24.0 Å². The highest BCUT2D eigenvalue weighted by Crippen LogP contribution is 2.18. The topological polar surface area (TPSA) is 54.0 Å². The average Bonchev–Trinajstić information content (AvgIpc) is 2.05. The summed E-state index contributed by atoms with van der Waals surface area (Å²) in [6.07, 6.45) is 1.60. The highest BCUT2D eigenvalue weighted by Gasteiger charge is 2.25. The molecule has 1 fully saturated rings. The van der Waals surface area contributed by atoms with Gasteiger partial charge in [0, 0.05) is 19.3 Å². The van der Waals surface area contributed by atoms with Crippen molar-refractivity contribution in [2.45, 2.75) is 0 Å². The molecule has 74 valence electrons. The van der Waals surface area contributed by atoms with Crippen LogP contribution in [0.2, 0.25) is 5.02 Å². The molecule has 2 N–H and O–H groups in total. The van der Waals surface area contributed by atoms with Gasteiger partial charge in [-0.1, -0.05) is 11.6 Å². The SMILES string of the molecule is O=C(Nc1ncccc1Cl)C1CNC1. The number of hydrogen-bond acceptors (Lipinski definition) is 3. The number of halogens is 1. The molecule has 1 aromatic heterocycles. The summed E-state index contributed by atoms with van der Waals surface area (Å²) >= 11 is 5.84. The maximum atomic E-state index is 11.5. The van der Waals surface area contributed by atoms with Gasteiger partial charge in [-0.3, -0.25) is 4.79 Å². The predicted molar refractivity (Wildman–Crippen MR) is 54.2 cm³/mol. The molecule has 1 aromatic rings. The molecule has 1 saturated heterocycles. The van der Waals surface area contributed by atoms with E-state index in [0.29, 0.717) is 10.8 Å². The number of amides is 1. The van der Waals surface area contributed by atoms with Gasteiger partial charge in [-0.05, 0) is 12.1 Å². The minimum Gasteiger partial charge on any atom is -0.315 e. The van der Waals surface area contributed by atoms with Crippen LogP contribution < -0.4 is 10.6 Å². The van der Waals surface area contributed by atoms with Crippen LogP contribution in [0.4, 0.5) is 5.82 Å². The second-order valence-electron chi connectivity index (χ2n) is 3.18. The molecule has 0 unspecified atom stereocenters. The zero-order valence-corrected chi connectivity index (χ0v) is 8.21. The van der Waals surface area contributed by atoms with Crippen molar-refractivity contribution in [1.82, 2.24) is 10.3 Å². The Hall–Kier alpha value is -1.13. The van der Waals surface area contributed by atoms with E-state index in [9.17, 15) is 4.79 Å². The van der Waals surface area contributed by atoms with Gasteiger partial charge in [-0.15, -0.1) is 0 Å². The van der Waals surface area contributed by atoms with Crippen molar-refractivity contribution >= 4 is 23.3 Å². The summed E-state index contributed by atoms with van der Waals surface area (Å²) in [5.41, 5.74) is 0. The lowest BCUT2D eigenvalue weighted by Gasteiger charge is -2.25. The number of carbonyl (C=O) groups is 1. The number of aromatic nitrogens is 1. The van der Waals surface area contributed by atoms with E-state index in [4.69, 9.17) is 11.6 Å². The highest BCUT2D eigenvalue weighted by atomic mass is 35.5. The van der Waals surface area contributed by atoms with Crippen molar-refractivity contribution in [1.29, 1.82) is 0 Å². The van der Waals surface area contributed by atoms with Crippen LogP contribution in [0.5, 0.6) is 0 Å². The standard InChI is InChI=1S/C9H10ClN3O/c10-7-2-1-3-12-8(7)13-9(14)6-4-11-5-6/h1-3,6,11H,4-5H2,(H,12,13,14). The Kier molecular flexibility index (Phi) is 2.65. The lowest BCUT2D eigenvalue weighted by molar-refractivity contribution is -0.121. The zero-order valence-electron chi connectivity index (χ0n) is 7.46. The first-order valence-corrected chi connectivity index (χ1v) is 4.77. The molecule has 14 heavy (non-hydrogen) atoms. The van der Waals surface area contributed by atoms with E-state index in [-0.39, 0.29) is 11.8 Å². The Balaban J connectivity index is 2.03. The molecule has 0 radical (unpaired) electrons. The number of hydrogen-bond donors (Lipinski definition) is 2. The van der Waals surface area contributed by atoms with Crippen LogP contribution in [-0.2, 0) is 4.79 Å². The van der Waals surface area contributed by atoms with Crippen molar-refractivity contribution in [2.75, 3.05) is 18.4 Å². The fourth-order valence-electron chi connectivity index (χ4n) is 1.17. The number of nitrogens with one attached hydrogen (secondary N) is 2. The molecule has 1 amide bonds. The summed E-state index contributed by atoms with van der Waals surface area (Å²) in [4.78, 5) is 15.5. The molecule has 2 heterocycles. The van der Waals surface area contributed by atoms with Crippen molar-refractivity contribution < 1.29 is 4.79 Å². The Morgan fingerprint density at radius 1 is 1.64 bits per heavy atom. The van der Waals surface area contributed by atoms with Crippen molar-refractivity contribution in [3.8, 4) is 0 Å². The smallest absolute Gasteiger partial charge is 0.231 e. The summed E-state index contributed by atoms with van der Waals surface area (Å²) < 4.78 is 0. The fourth-order valence-corrected chi connectivity index (χ4v) is 1.34. The van der Waals surface area contributed by atoms with Crippen molar-refractivity contribution in [3.05, 3.63) is 23.4 Å². The normalized spacial score (nSPS) is 16.1. The Morgan fingerprint density at radius 3 is 3.00 bits per heavy atom. The fraction of sp³-hybridized carbons (Fsp3) is 0.333. The van der Waals surface area contributed by atoms with Gasteiger partial charge in [0.25, 0.3) is 0 Å². The van der Waals surface area contributed by atoms with E-state index in [1.165, 1.54) is 0 Å². The first-order chi connectivity index (χ1) is 6.77. The molecular formula is C9H10ClN3O. The Morgan fingerprint density at radius 2 is 2.43 bits per heavy atom. The predicted octanol–water partition coefficient (Wildman–Crippen LogP) is 0.893. The minimum atomic E-state index is -0.0237. The van der Waals surface area contributed by atoms with Gasteiger partial charge in [0.15, 0.2) is 5.82 Å². The number of carbonyl (C=O) groups excluding carboxylic acids is 1. The van der Waals surface area contributed by atoms with Gasteiger partial charge in [0.1, 0.15) is 0 Å². The molecule has 5 heteroatoms. The first-order valence-electron chi connectivity index (χ1n) is 4.39. The van der Waals surface area contributed by atoms with Crippen molar-refractivity contribution in [2.24, 2.45) is 5.92 Å². The second kappa shape index (κ2) is 3.94. The van der Waals surface area contributed by atoms with E-state index in [1.54, 1.807) is 18.3 Å². The van der Waals surface area contributed by atoms with Crippen LogP contribution in [0.15, 0.2) is 18.3 Å². The van der Waals surface area contributed by atoms with Crippen LogP contribution in [0.3, 0.4) is 0 Å². The second-order valence-corrected chi connectivity index (χ2v) is 3.59. The van der Waals surface area contributed by atoms with Gasteiger partial charge in [-0.25, -0.2) is 4.98 Å². The largest absolute Gasteiger partial charge is 0.315 e. The molecule has 1 aliphatic heterocycles. The van der Waals surface area contributed by atoms with Gasteiger partial charge >= 0.3 is 0 Å². The van der Waals surface area contributed by atoms with Crippen LogP contribution in [0.1, 0.15) is 0 Å². The van der Waals surface area contributed by atoms with E-state index in [1.807, 2.05) is 0 Å². The zero-order chi connectivity index (χ0) is 9.97. The van der Waals surface area contributed by atoms with Gasteiger partial charge in [0.05, 0.1) is 10.9 Å². The summed E-state index contributed by atoms with van der Waals surface area (Å²) in [6.45, 7) is 1.46. The van der Waals surface area contributed by atoms with Crippen LogP contribution in [0, 0.1) is 5.92 Å². The Labute approximate surface area is 86.7 Å². The van der Waals surface area contributed by atoms with Crippen molar-refractivity contribution in [3.63, 3.8) is 0 Å². The molecule has 0 spiro atoms. The summed E-state index contributed by atoms with van der Waals surface area (Å²) in [5.74, 6) is 0.462. The van der Waals surface area contributed by atoms with E-state index >= 15 is 0 Å². The monoisotopic (exact) mass is 211 g/mol. The van der Waals surface area contributed by atoms with Crippen LogP contribution in [0.25, 0.3) is 0 Å². The van der Waals surface area contributed by atoms with Gasteiger partial charge in [-0.2, -0.15) is 0 Å². The molecule has 0 bridgehead atoms. The lowest BCUT2D eigenvalue weighted by atomic mass is 10.0. The van der Waals surface area contributed by atoms with Gasteiger partial charge in [0.2, 0.25) is 5.91 Å². The maximum Gasteiger partial charge on any atom is 0.231 e. The van der Waals surface area contributed by atoms with Gasteiger partial charge < -0.3 is 10.6 Å². The van der Waals surface area contributed by atoms with E-state index in [0.717, 1.165) is 13.1 Å². The maximum absolute atomic E-state index is 11.5. The number of rotatable bonds is 2. The third-order valence-electron chi connectivity index (χ3n) is 2.15. The Bertz CT molecular complexity index is 352. The summed E-state index contributed by atoms with van der Waals surface area (Å²) in [5, 5.41) is 6.18. The highest BCUT2D eigenvalue weighted by molar-refractivity contribution is 6.33. The summed E-state index contributed by atoms with van der Waals surface area (Å²) in [6, 6.07) is 3.42. The molecule has 0 aromatic carbocycles. The molecule has 0 aliphatic carbocycles. The lowest BCUT2D eigenvalue weighted by Crippen LogP contribution is -2.48. The van der Waals surface area contributed by atoms with E-state index in [2.05, 4.69) is 15.6 Å². The number of anilines is 1. The molecule has 0 saturated carbocycles. The third kappa shape index (κ3) is 1.86. The minimum absolute atomic E-state index is 0.0237. The third-order valence-corrected chi connectivity index (χ3v) is 2.46. The molecule has 2 rings (SSSR count).